The first-order valence-electron chi connectivity index (χ1n) is 42.1. The number of para-hydroxylation sites is 4. The standard InChI is InChI=1S/C114H89BN4/c1-112(2,3)84-53-45-72(46-54-84)81-64-93(75-29-14-10-15-30-75)110(94(65-81)76-31-16-11-17-32-76)118-104-68-80(79-52-62-103-97(63-79)92-41-28-40-91-90-39-24-27-44-102(90)117(103)109(91)92)51-60-98(104)115-99-61-59-87(116-100-42-25-22-37-88(100)89-38-23-26-43-101(89)116)71-105(99)119(107-70-83(69-106(118)108(107)115)74-49-57-86(58-50-74)114(7,8)9)111-95(77-33-18-12-19-34-77)66-82(67-96(111)78-35-20-13-21-36-78)73-47-55-85(56-48-73)113(4,5)6/h10-71H,1-9H3. The van der Waals surface area contributed by atoms with E-state index in [1.54, 1.807) is 0 Å². The molecule has 0 aliphatic carbocycles. The van der Waals surface area contributed by atoms with Crippen LogP contribution in [0.15, 0.2) is 376 Å². The SMILES string of the molecule is CC(C)(C)c1ccc(-c2cc(-c3ccccc3)c(N3c4cc(-c5ccc6c(c5)c5cccc7c8ccccc8n6c75)ccc4B4c5ccc(-n6c7ccccc7c7ccccc76)cc5N(c5c(-c6ccccc6)cc(-c6ccc(C(C)(C)C)cc6)cc5-c5ccccc5)c5cc(-c6ccc(C(C)(C)C)cc6)cc3c54)c(-c3ccccc3)c2)cc1. The van der Waals surface area contributed by atoms with Crippen LogP contribution in [0.2, 0.25) is 0 Å². The minimum Gasteiger partial charge on any atom is -0.310 e. The minimum atomic E-state index is -0.297. The molecule has 119 heavy (non-hydrogen) atoms. The van der Waals surface area contributed by atoms with Gasteiger partial charge in [-0.2, -0.15) is 0 Å². The number of nitrogens with zero attached hydrogens (tertiary/aromatic N) is 4. The number of aromatic nitrogens is 2. The van der Waals surface area contributed by atoms with Gasteiger partial charge in [0.25, 0.3) is 6.71 Å². The fourth-order valence-corrected chi connectivity index (χ4v) is 19.7. The van der Waals surface area contributed by atoms with Gasteiger partial charge >= 0.3 is 0 Å². The summed E-state index contributed by atoms with van der Waals surface area (Å²) in [6.07, 6.45) is 0. The van der Waals surface area contributed by atoms with Crippen LogP contribution in [0.25, 0.3) is 155 Å². The molecular weight excluding hydrogens is 1440 g/mol. The maximum Gasteiger partial charge on any atom is 0.252 e. The average Bonchev–Trinajstić information content (AvgIpc) is 1.31. The van der Waals surface area contributed by atoms with Crippen molar-refractivity contribution in [2.75, 3.05) is 9.80 Å². The molecule has 0 N–H and O–H groups in total. The van der Waals surface area contributed by atoms with Crippen LogP contribution in [0.4, 0.5) is 34.1 Å². The van der Waals surface area contributed by atoms with E-state index in [1.807, 2.05) is 0 Å². The van der Waals surface area contributed by atoms with Gasteiger partial charge in [0.1, 0.15) is 0 Å². The third-order valence-electron chi connectivity index (χ3n) is 25.7. The topological polar surface area (TPSA) is 15.8 Å². The maximum absolute atomic E-state index is 2.74. The zero-order valence-corrected chi connectivity index (χ0v) is 68.7. The van der Waals surface area contributed by atoms with Crippen LogP contribution in [-0.2, 0) is 16.2 Å². The van der Waals surface area contributed by atoms with Crippen molar-refractivity contribution in [1.82, 2.24) is 8.97 Å². The highest BCUT2D eigenvalue weighted by molar-refractivity contribution is 7.00. The normalized spacial score (nSPS) is 12.9. The summed E-state index contributed by atoms with van der Waals surface area (Å²) >= 11 is 0. The van der Waals surface area contributed by atoms with Gasteiger partial charge in [-0.3, -0.25) is 0 Å². The number of anilines is 6. The van der Waals surface area contributed by atoms with Crippen molar-refractivity contribution in [3.05, 3.63) is 393 Å². The Balaban J connectivity index is 0.902. The lowest BCUT2D eigenvalue weighted by Gasteiger charge is -2.46. The lowest BCUT2D eigenvalue weighted by atomic mass is 9.33. The molecule has 22 rings (SSSR count). The molecule has 3 aromatic heterocycles. The van der Waals surface area contributed by atoms with Crippen LogP contribution in [0.1, 0.15) is 79.0 Å². The first-order valence-corrected chi connectivity index (χ1v) is 42.1. The van der Waals surface area contributed by atoms with Crippen molar-refractivity contribution in [1.29, 1.82) is 0 Å². The molecule has 5 heterocycles. The summed E-state index contributed by atoms with van der Waals surface area (Å²) in [4.78, 5) is 5.47. The lowest BCUT2D eigenvalue weighted by molar-refractivity contribution is 0.590. The summed E-state index contributed by atoms with van der Waals surface area (Å²) < 4.78 is 5.01. The van der Waals surface area contributed by atoms with Crippen LogP contribution in [0, 0.1) is 0 Å². The Hall–Kier alpha value is -14.0. The second-order valence-corrected chi connectivity index (χ2v) is 36.0. The fourth-order valence-electron chi connectivity index (χ4n) is 19.7. The molecule has 20 aromatic rings. The van der Waals surface area contributed by atoms with E-state index in [-0.39, 0.29) is 23.0 Å². The molecule has 0 unspecified atom stereocenters. The molecule has 0 radical (unpaired) electrons. The molecular formula is C114H89BN4. The van der Waals surface area contributed by atoms with Crippen LogP contribution in [0.3, 0.4) is 0 Å². The maximum atomic E-state index is 2.74. The Morgan fingerprint density at radius 1 is 0.218 bits per heavy atom. The molecule has 0 spiro atoms. The van der Waals surface area contributed by atoms with E-state index in [4.69, 9.17) is 0 Å². The summed E-state index contributed by atoms with van der Waals surface area (Å²) in [7, 11) is 0. The molecule has 2 aliphatic heterocycles. The molecule has 0 saturated carbocycles. The highest BCUT2D eigenvalue weighted by Crippen LogP contribution is 2.57. The monoisotopic (exact) mass is 1520 g/mol. The molecule has 17 aromatic carbocycles. The fraction of sp³-hybridized carbons (Fsp3) is 0.105. The van der Waals surface area contributed by atoms with Crippen molar-refractivity contribution in [2.45, 2.75) is 78.6 Å². The number of fused-ring (bicyclic) bond motifs is 13. The van der Waals surface area contributed by atoms with E-state index in [0.29, 0.717) is 0 Å². The summed E-state index contributed by atoms with van der Waals surface area (Å²) in [5.74, 6) is 0. The molecule has 4 nitrogen and oxygen atoms in total. The predicted octanol–water partition coefficient (Wildman–Crippen LogP) is 29.2. The summed E-state index contributed by atoms with van der Waals surface area (Å²) in [6, 6.07) is 144. The number of benzene rings is 17. The van der Waals surface area contributed by atoms with Gasteiger partial charge in [-0.15, -0.1) is 0 Å². The summed E-state index contributed by atoms with van der Waals surface area (Å²) in [6.45, 7) is 20.5. The Morgan fingerprint density at radius 3 is 0.966 bits per heavy atom. The average molecular weight is 1530 g/mol. The number of rotatable bonds is 11. The van der Waals surface area contributed by atoms with Gasteiger partial charge in [-0.25, -0.2) is 0 Å². The van der Waals surface area contributed by atoms with Crippen molar-refractivity contribution >= 4 is 117 Å². The highest BCUT2D eigenvalue weighted by Gasteiger charge is 2.46. The summed E-state index contributed by atoms with van der Waals surface area (Å²) in [5.41, 5.74) is 39.2. The van der Waals surface area contributed by atoms with Crippen molar-refractivity contribution in [3.63, 3.8) is 0 Å². The largest absolute Gasteiger partial charge is 0.310 e. The third-order valence-corrected chi connectivity index (χ3v) is 25.7. The van der Waals surface area contributed by atoms with E-state index in [9.17, 15) is 0 Å². The molecule has 5 heteroatoms. The Morgan fingerprint density at radius 2 is 0.538 bits per heavy atom. The smallest absolute Gasteiger partial charge is 0.252 e. The van der Waals surface area contributed by atoms with Gasteiger partial charge in [-0.05, 0) is 201 Å². The van der Waals surface area contributed by atoms with Crippen LogP contribution in [0.5, 0.6) is 0 Å². The zero-order chi connectivity index (χ0) is 80.3. The zero-order valence-electron chi connectivity index (χ0n) is 68.7. The second-order valence-electron chi connectivity index (χ2n) is 36.0. The minimum absolute atomic E-state index is 0.0255. The lowest BCUT2D eigenvalue weighted by Crippen LogP contribution is -2.61. The first kappa shape index (κ1) is 71.5. The van der Waals surface area contributed by atoms with Crippen LogP contribution < -0.4 is 26.2 Å². The van der Waals surface area contributed by atoms with E-state index in [0.717, 1.165) is 140 Å². The molecule has 0 amide bonds. The van der Waals surface area contributed by atoms with Gasteiger partial charge in [0.05, 0.1) is 39.0 Å². The van der Waals surface area contributed by atoms with E-state index in [1.165, 1.54) is 81.9 Å². The van der Waals surface area contributed by atoms with Crippen molar-refractivity contribution < 1.29 is 0 Å². The highest BCUT2D eigenvalue weighted by atomic mass is 15.2. The number of hydrogen-bond donors (Lipinski definition) is 0. The van der Waals surface area contributed by atoms with E-state index in [2.05, 4.69) is 457 Å². The Kier molecular flexibility index (Phi) is 16.4. The molecule has 0 fully saturated rings. The predicted molar refractivity (Wildman–Crippen MR) is 509 cm³/mol. The molecule has 2 aliphatic rings. The van der Waals surface area contributed by atoms with Gasteiger partial charge in [-0.1, -0.05) is 353 Å². The van der Waals surface area contributed by atoms with Gasteiger partial charge in [0.2, 0.25) is 0 Å². The van der Waals surface area contributed by atoms with E-state index < -0.39 is 0 Å². The van der Waals surface area contributed by atoms with Crippen LogP contribution in [-0.4, -0.2) is 15.7 Å². The van der Waals surface area contributed by atoms with E-state index >= 15 is 0 Å². The van der Waals surface area contributed by atoms with Gasteiger partial charge in [0, 0.05) is 83.0 Å². The summed E-state index contributed by atoms with van der Waals surface area (Å²) in [5, 5.41) is 7.48. The van der Waals surface area contributed by atoms with Gasteiger partial charge < -0.3 is 18.8 Å². The first-order chi connectivity index (χ1) is 57.9. The molecule has 568 valence electrons. The van der Waals surface area contributed by atoms with Crippen LogP contribution >= 0.6 is 0 Å². The molecule has 0 saturated heterocycles. The Labute approximate surface area is 697 Å². The van der Waals surface area contributed by atoms with Crippen molar-refractivity contribution in [3.8, 4) is 94.7 Å². The van der Waals surface area contributed by atoms with Gasteiger partial charge in [0.15, 0.2) is 0 Å². The molecule has 0 bridgehead atoms. The third kappa shape index (κ3) is 11.7. The molecule has 0 atom stereocenters. The second kappa shape index (κ2) is 27.3. The Bertz CT molecular complexity index is 7250. The number of hydrogen-bond acceptors (Lipinski definition) is 2. The quantitative estimate of drug-likeness (QED) is 0.120. The van der Waals surface area contributed by atoms with Crippen molar-refractivity contribution in [2.24, 2.45) is 0 Å².